The van der Waals surface area contributed by atoms with Crippen LogP contribution in [0.25, 0.3) is 0 Å². The van der Waals surface area contributed by atoms with E-state index in [0.717, 1.165) is 12.0 Å². The summed E-state index contributed by atoms with van der Waals surface area (Å²) >= 11 is 0. The Morgan fingerprint density at radius 3 is 2.40 bits per heavy atom. The molecule has 0 aromatic rings. The second kappa shape index (κ2) is 6.58. The van der Waals surface area contributed by atoms with E-state index >= 15 is 0 Å². The molecule has 3 nitrogen and oxygen atoms in total. The first-order chi connectivity index (χ1) is 6.97. The highest BCUT2D eigenvalue weighted by molar-refractivity contribution is 7.94. The first kappa shape index (κ1) is 14.1. The Morgan fingerprint density at radius 1 is 1.47 bits per heavy atom. The lowest BCUT2D eigenvalue weighted by Crippen LogP contribution is -2.13. The molecule has 0 aliphatic heterocycles. The van der Waals surface area contributed by atoms with Crippen LogP contribution in [-0.2, 0) is 9.84 Å². The van der Waals surface area contributed by atoms with Gasteiger partial charge in [0, 0.05) is 12.8 Å². The molecule has 0 unspecified atom stereocenters. The van der Waals surface area contributed by atoms with Crippen LogP contribution in [0, 0.1) is 0 Å². The molecule has 0 aliphatic rings. The predicted molar refractivity (Wildman–Crippen MR) is 65.4 cm³/mol. The van der Waals surface area contributed by atoms with Crippen molar-refractivity contribution in [2.24, 2.45) is 0 Å². The van der Waals surface area contributed by atoms with Crippen molar-refractivity contribution in [3.8, 4) is 0 Å². The molecule has 1 N–H and O–H groups in total. The Hall–Kier alpha value is -0.870. The topological polar surface area (TPSA) is 46.2 Å². The summed E-state index contributed by atoms with van der Waals surface area (Å²) in [6, 6.07) is 0. The fourth-order valence-electron chi connectivity index (χ4n) is 1.20. The van der Waals surface area contributed by atoms with Gasteiger partial charge in [0.1, 0.15) is 0 Å². The van der Waals surface area contributed by atoms with Crippen LogP contribution in [0.5, 0.6) is 0 Å². The maximum atomic E-state index is 11.5. The van der Waals surface area contributed by atoms with Gasteiger partial charge < -0.3 is 5.32 Å². The van der Waals surface area contributed by atoms with Gasteiger partial charge in [-0.3, -0.25) is 0 Å². The summed E-state index contributed by atoms with van der Waals surface area (Å²) in [6.45, 7) is 6.06. The summed E-state index contributed by atoms with van der Waals surface area (Å²) < 4.78 is 22.9. The van der Waals surface area contributed by atoms with Crippen LogP contribution in [0.1, 0.15) is 13.3 Å². The number of hydrogen-bond acceptors (Lipinski definition) is 3. The molecule has 0 aromatic heterocycles. The van der Waals surface area contributed by atoms with Crippen molar-refractivity contribution < 1.29 is 8.42 Å². The quantitative estimate of drug-likeness (QED) is 0.705. The summed E-state index contributed by atoms with van der Waals surface area (Å²) in [7, 11) is -1.42. The number of allylic oxidation sites excluding steroid dienone is 2. The molecule has 0 aromatic carbocycles. The molecule has 0 radical (unpaired) electrons. The Bertz CT molecular complexity index is 364. The third kappa shape index (κ3) is 4.95. The molecule has 0 saturated heterocycles. The van der Waals surface area contributed by atoms with Crippen LogP contribution < -0.4 is 5.32 Å². The summed E-state index contributed by atoms with van der Waals surface area (Å²) in [5, 5.41) is 2.94. The Labute approximate surface area is 92.5 Å². The lowest BCUT2D eigenvalue weighted by Gasteiger charge is -2.06. The minimum Gasteiger partial charge on any atom is -0.316 e. The number of likely N-dealkylation sites (N-methyl/N-ethyl adjacent to an activating group) is 1. The van der Waals surface area contributed by atoms with Crippen LogP contribution in [0.3, 0.4) is 0 Å². The molecule has 0 saturated carbocycles. The molecule has 0 rings (SSSR count). The highest BCUT2D eigenvalue weighted by Crippen LogP contribution is 2.13. The number of hydrogen-bond donors (Lipinski definition) is 1. The highest BCUT2D eigenvalue weighted by atomic mass is 32.2. The molecule has 0 aliphatic carbocycles. The molecule has 0 fully saturated rings. The molecule has 0 bridgehead atoms. The first-order valence-electron chi connectivity index (χ1n) is 4.84. The molecular weight excluding hydrogens is 210 g/mol. The van der Waals surface area contributed by atoms with E-state index in [4.69, 9.17) is 0 Å². The third-order valence-electron chi connectivity index (χ3n) is 1.82. The van der Waals surface area contributed by atoms with Crippen molar-refractivity contribution in [1.29, 1.82) is 0 Å². The fourth-order valence-corrected chi connectivity index (χ4v) is 2.12. The summed E-state index contributed by atoms with van der Waals surface area (Å²) in [6.07, 6.45) is 7.22. The van der Waals surface area contributed by atoms with Crippen LogP contribution in [-0.4, -0.2) is 28.3 Å². The smallest absolute Gasteiger partial charge is 0.175 e. The van der Waals surface area contributed by atoms with Gasteiger partial charge in [-0.15, -0.1) is 0 Å². The standard InChI is InChI=1S/C11H19NO2S/c1-5-7-8-10(9-12-3)11(6-2)15(4,13)14/h6-8,12H,2,5,9H2,1,3-4H3/b8-7-,11-10-. The average molecular weight is 229 g/mol. The van der Waals surface area contributed by atoms with Gasteiger partial charge in [-0.25, -0.2) is 8.42 Å². The van der Waals surface area contributed by atoms with Crippen molar-refractivity contribution in [3.63, 3.8) is 0 Å². The minimum absolute atomic E-state index is 0.293. The van der Waals surface area contributed by atoms with Crippen LogP contribution in [0.4, 0.5) is 0 Å². The molecule has 0 amide bonds. The van der Waals surface area contributed by atoms with Crippen molar-refractivity contribution in [2.45, 2.75) is 13.3 Å². The van der Waals surface area contributed by atoms with E-state index in [2.05, 4.69) is 11.9 Å². The number of nitrogens with one attached hydrogen (secondary N) is 1. The van der Waals surface area contributed by atoms with Gasteiger partial charge in [0.15, 0.2) is 9.84 Å². The van der Waals surface area contributed by atoms with E-state index in [9.17, 15) is 8.42 Å². The maximum Gasteiger partial charge on any atom is 0.175 e. The lowest BCUT2D eigenvalue weighted by molar-refractivity contribution is 0.608. The largest absolute Gasteiger partial charge is 0.316 e. The van der Waals surface area contributed by atoms with E-state index in [1.165, 1.54) is 12.3 Å². The average Bonchev–Trinajstić information content (AvgIpc) is 2.13. The zero-order valence-corrected chi connectivity index (χ0v) is 10.4. The summed E-state index contributed by atoms with van der Waals surface area (Å²) in [5.41, 5.74) is 0.747. The summed E-state index contributed by atoms with van der Waals surface area (Å²) in [5.74, 6) is 0. The van der Waals surface area contributed by atoms with Crippen molar-refractivity contribution in [2.75, 3.05) is 19.8 Å². The normalized spacial score (nSPS) is 14.1. The van der Waals surface area contributed by atoms with Gasteiger partial charge in [0.2, 0.25) is 0 Å². The van der Waals surface area contributed by atoms with E-state index in [-0.39, 0.29) is 0 Å². The van der Waals surface area contributed by atoms with Gasteiger partial charge in [-0.1, -0.05) is 31.7 Å². The highest BCUT2D eigenvalue weighted by Gasteiger charge is 2.11. The van der Waals surface area contributed by atoms with E-state index in [0.29, 0.717) is 11.4 Å². The van der Waals surface area contributed by atoms with Crippen LogP contribution in [0.15, 0.2) is 35.3 Å². The Balaban J connectivity index is 5.38. The van der Waals surface area contributed by atoms with Gasteiger partial charge in [-0.2, -0.15) is 0 Å². The Morgan fingerprint density at radius 2 is 2.07 bits per heavy atom. The third-order valence-corrected chi connectivity index (χ3v) is 3.05. The van der Waals surface area contributed by atoms with E-state index < -0.39 is 9.84 Å². The number of sulfone groups is 1. The molecule has 0 spiro atoms. The Kier molecular flexibility index (Phi) is 6.20. The molecule has 4 heteroatoms. The van der Waals surface area contributed by atoms with Gasteiger partial charge in [-0.05, 0) is 19.0 Å². The van der Waals surface area contributed by atoms with Gasteiger partial charge >= 0.3 is 0 Å². The van der Waals surface area contributed by atoms with Crippen molar-refractivity contribution >= 4 is 9.84 Å². The van der Waals surface area contributed by atoms with Crippen LogP contribution in [0.2, 0.25) is 0 Å². The van der Waals surface area contributed by atoms with E-state index in [1.54, 1.807) is 7.05 Å². The van der Waals surface area contributed by atoms with E-state index in [1.807, 2.05) is 19.1 Å². The van der Waals surface area contributed by atoms with Gasteiger partial charge in [0.05, 0.1) is 4.91 Å². The maximum absolute atomic E-state index is 11.5. The number of rotatable bonds is 6. The molecule has 0 heterocycles. The molecular formula is C11H19NO2S. The summed E-state index contributed by atoms with van der Waals surface area (Å²) in [4.78, 5) is 0.293. The molecule has 15 heavy (non-hydrogen) atoms. The molecule has 86 valence electrons. The van der Waals surface area contributed by atoms with Gasteiger partial charge in [0.25, 0.3) is 0 Å². The fraction of sp³-hybridized carbons (Fsp3) is 0.455. The SMILES string of the molecule is C=C/C(=C(\C=C/CC)CNC)S(C)(=O)=O. The lowest BCUT2D eigenvalue weighted by atomic mass is 10.2. The van der Waals surface area contributed by atoms with Crippen LogP contribution >= 0.6 is 0 Å². The first-order valence-corrected chi connectivity index (χ1v) is 6.73. The monoisotopic (exact) mass is 229 g/mol. The minimum atomic E-state index is -3.20. The second-order valence-corrected chi connectivity index (χ2v) is 5.19. The predicted octanol–water partition coefficient (Wildman–Crippen LogP) is 1.66. The zero-order chi connectivity index (χ0) is 11.9. The zero-order valence-electron chi connectivity index (χ0n) is 9.58. The second-order valence-electron chi connectivity index (χ2n) is 3.21. The molecule has 0 atom stereocenters. The van der Waals surface area contributed by atoms with Crippen molar-refractivity contribution in [3.05, 3.63) is 35.3 Å². The van der Waals surface area contributed by atoms with Crippen molar-refractivity contribution in [1.82, 2.24) is 5.32 Å².